The van der Waals surface area contributed by atoms with E-state index in [4.69, 9.17) is 23.2 Å². The van der Waals surface area contributed by atoms with Crippen LogP contribution in [0.4, 0.5) is 0 Å². The molecule has 0 heterocycles. The molecular formula is C12H17Cl2NO3S. The minimum absolute atomic E-state index is 0.0154. The van der Waals surface area contributed by atoms with Crippen LogP contribution in [0.15, 0.2) is 17.0 Å². The summed E-state index contributed by atoms with van der Waals surface area (Å²) in [6, 6.07) is 2.79. The lowest BCUT2D eigenvalue weighted by Crippen LogP contribution is -2.28. The predicted molar refractivity (Wildman–Crippen MR) is 77.1 cm³/mol. The van der Waals surface area contributed by atoms with E-state index in [1.165, 1.54) is 23.5 Å². The fraction of sp³-hybridized carbons (Fsp3) is 0.500. The number of aliphatic hydroxyl groups is 1. The van der Waals surface area contributed by atoms with E-state index in [1.807, 2.05) is 6.92 Å². The van der Waals surface area contributed by atoms with Gasteiger partial charge in [-0.25, -0.2) is 12.7 Å². The van der Waals surface area contributed by atoms with Gasteiger partial charge in [0.05, 0.1) is 11.6 Å². The first-order valence-electron chi connectivity index (χ1n) is 5.90. The van der Waals surface area contributed by atoms with Crippen molar-refractivity contribution >= 4 is 33.2 Å². The number of halogens is 2. The molecule has 0 aliphatic carbocycles. The molecule has 0 amide bonds. The molecule has 0 atom stereocenters. The zero-order valence-corrected chi connectivity index (χ0v) is 13.2. The summed E-state index contributed by atoms with van der Waals surface area (Å²) in [6.45, 7) is 2.01. The summed E-state index contributed by atoms with van der Waals surface area (Å²) >= 11 is 11.9. The quantitative estimate of drug-likeness (QED) is 0.874. The van der Waals surface area contributed by atoms with Crippen LogP contribution in [0.3, 0.4) is 0 Å². The zero-order valence-electron chi connectivity index (χ0n) is 10.9. The van der Waals surface area contributed by atoms with Crippen LogP contribution in [0.5, 0.6) is 0 Å². The smallest absolute Gasteiger partial charge is 0.244 e. The summed E-state index contributed by atoms with van der Waals surface area (Å²) in [7, 11) is -2.15. The number of nitrogens with zero attached hydrogens (tertiary/aromatic N) is 1. The van der Waals surface area contributed by atoms with E-state index < -0.39 is 16.6 Å². The highest BCUT2D eigenvalue weighted by atomic mass is 35.5. The molecule has 1 aromatic rings. The van der Waals surface area contributed by atoms with Crippen molar-refractivity contribution < 1.29 is 13.5 Å². The topological polar surface area (TPSA) is 57.6 Å². The fourth-order valence-corrected chi connectivity index (χ4v) is 3.67. The van der Waals surface area contributed by atoms with E-state index in [-0.39, 0.29) is 20.5 Å². The molecule has 0 fully saturated rings. The highest BCUT2D eigenvalue weighted by Gasteiger charge is 2.25. The fourth-order valence-electron chi connectivity index (χ4n) is 1.59. The van der Waals surface area contributed by atoms with Crippen LogP contribution in [-0.2, 0) is 16.6 Å². The second-order valence-electron chi connectivity index (χ2n) is 4.18. The molecule has 4 nitrogen and oxygen atoms in total. The Morgan fingerprint density at radius 1 is 1.32 bits per heavy atom. The van der Waals surface area contributed by atoms with Crippen molar-refractivity contribution in [3.8, 4) is 0 Å². The molecule has 0 saturated heterocycles. The Morgan fingerprint density at radius 2 is 1.95 bits per heavy atom. The van der Waals surface area contributed by atoms with Gasteiger partial charge in [-0.1, -0.05) is 36.5 Å². The standard InChI is InChI=1S/C12H17Cl2NO3S/c1-3-4-7-15(2)19(17,18)11-6-5-10(13)9(8-16)12(11)14/h5-6,16H,3-4,7-8H2,1-2H3. The first-order valence-corrected chi connectivity index (χ1v) is 8.10. The average molecular weight is 326 g/mol. The molecule has 0 aliphatic rings. The van der Waals surface area contributed by atoms with Gasteiger partial charge in [0.15, 0.2) is 0 Å². The maximum absolute atomic E-state index is 12.4. The van der Waals surface area contributed by atoms with Crippen molar-refractivity contribution in [2.45, 2.75) is 31.3 Å². The lowest BCUT2D eigenvalue weighted by atomic mass is 10.2. The van der Waals surface area contributed by atoms with Crippen LogP contribution < -0.4 is 0 Å². The third kappa shape index (κ3) is 3.61. The van der Waals surface area contributed by atoms with Crippen molar-refractivity contribution in [3.05, 3.63) is 27.7 Å². The van der Waals surface area contributed by atoms with Gasteiger partial charge in [0.2, 0.25) is 10.0 Å². The Balaban J connectivity index is 3.22. The molecule has 0 radical (unpaired) electrons. The van der Waals surface area contributed by atoms with Crippen molar-refractivity contribution in [2.24, 2.45) is 0 Å². The maximum atomic E-state index is 12.4. The first kappa shape index (κ1) is 16.7. The molecular weight excluding hydrogens is 309 g/mol. The van der Waals surface area contributed by atoms with E-state index in [9.17, 15) is 13.5 Å². The van der Waals surface area contributed by atoms with Crippen LogP contribution in [0.25, 0.3) is 0 Å². The van der Waals surface area contributed by atoms with E-state index in [2.05, 4.69) is 0 Å². The van der Waals surface area contributed by atoms with Crippen LogP contribution in [0.2, 0.25) is 10.0 Å². The summed E-state index contributed by atoms with van der Waals surface area (Å²) < 4.78 is 26.0. The molecule has 1 aromatic carbocycles. The third-order valence-electron chi connectivity index (χ3n) is 2.82. The third-order valence-corrected chi connectivity index (χ3v) is 5.62. The van der Waals surface area contributed by atoms with E-state index >= 15 is 0 Å². The van der Waals surface area contributed by atoms with Crippen LogP contribution >= 0.6 is 23.2 Å². The molecule has 108 valence electrons. The van der Waals surface area contributed by atoms with Crippen molar-refractivity contribution in [1.82, 2.24) is 4.31 Å². The van der Waals surface area contributed by atoms with Gasteiger partial charge >= 0.3 is 0 Å². The molecule has 1 rings (SSSR count). The Kier molecular flexibility index (Phi) is 6.08. The minimum Gasteiger partial charge on any atom is -0.392 e. The lowest BCUT2D eigenvalue weighted by molar-refractivity contribution is 0.281. The number of aliphatic hydroxyl groups excluding tert-OH is 1. The van der Waals surface area contributed by atoms with Gasteiger partial charge in [0, 0.05) is 24.2 Å². The SMILES string of the molecule is CCCCN(C)S(=O)(=O)c1ccc(Cl)c(CO)c1Cl. The van der Waals surface area contributed by atoms with Crippen LogP contribution in [0, 0.1) is 0 Å². The minimum atomic E-state index is -3.66. The second kappa shape index (κ2) is 6.90. The van der Waals surface area contributed by atoms with E-state index in [0.29, 0.717) is 6.54 Å². The Morgan fingerprint density at radius 3 is 2.47 bits per heavy atom. The van der Waals surface area contributed by atoms with Gasteiger partial charge in [-0.2, -0.15) is 0 Å². The largest absolute Gasteiger partial charge is 0.392 e. The summed E-state index contributed by atoms with van der Waals surface area (Å²) in [4.78, 5) is -0.0266. The number of hydrogen-bond acceptors (Lipinski definition) is 3. The molecule has 0 unspecified atom stereocenters. The summed E-state index contributed by atoms with van der Waals surface area (Å²) in [5.41, 5.74) is 0.230. The van der Waals surface area contributed by atoms with Crippen LogP contribution in [-0.4, -0.2) is 31.4 Å². The highest BCUT2D eigenvalue weighted by Crippen LogP contribution is 2.32. The maximum Gasteiger partial charge on any atom is 0.244 e. The molecule has 0 bridgehead atoms. The normalized spacial score (nSPS) is 12.1. The van der Waals surface area contributed by atoms with Gasteiger partial charge < -0.3 is 5.11 Å². The monoisotopic (exact) mass is 325 g/mol. The lowest BCUT2D eigenvalue weighted by Gasteiger charge is -2.18. The molecule has 19 heavy (non-hydrogen) atoms. The van der Waals surface area contributed by atoms with E-state index in [0.717, 1.165) is 12.8 Å². The average Bonchev–Trinajstić information content (AvgIpc) is 2.36. The van der Waals surface area contributed by atoms with Crippen molar-refractivity contribution in [1.29, 1.82) is 0 Å². The predicted octanol–water partition coefficient (Wildman–Crippen LogP) is 2.91. The number of rotatable bonds is 6. The van der Waals surface area contributed by atoms with Gasteiger partial charge in [-0.15, -0.1) is 0 Å². The Bertz CT molecular complexity index is 546. The van der Waals surface area contributed by atoms with Crippen molar-refractivity contribution in [3.63, 3.8) is 0 Å². The highest BCUT2D eigenvalue weighted by molar-refractivity contribution is 7.89. The summed E-state index contributed by atoms with van der Waals surface area (Å²) in [5.74, 6) is 0. The first-order chi connectivity index (χ1) is 8.86. The van der Waals surface area contributed by atoms with Gasteiger partial charge in [0.1, 0.15) is 4.90 Å². The number of benzene rings is 1. The van der Waals surface area contributed by atoms with E-state index in [1.54, 1.807) is 0 Å². The van der Waals surface area contributed by atoms with Gasteiger partial charge in [0.25, 0.3) is 0 Å². The molecule has 0 aliphatic heterocycles. The van der Waals surface area contributed by atoms with Crippen molar-refractivity contribution in [2.75, 3.05) is 13.6 Å². The molecule has 1 N–H and O–H groups in total. The second-order valence-corrected chi connectivity index (χ2v) is 6.97. The molecule has 0 aromatic heterocycles. The zero-order chi connectivity index (χ0) is 14.6. The summed E-state index contributed by atoms with van der Waals surface area (Å²) in [5, 5.41) is 9.43. The molecule has 0 saturated carbocycles. The Hall–Kier alpha value is -0.330. The van der Waals surface area contributed by atoms with Gasteiger partial charge in [-0.05, 0) is 18.6 Å². The number of hydrogen-bond donors (Lipinski definition) is 1. The molecule has 7 heteroatoms. The van der Waals surface area contributed by atoms with Gasteiger partial charge in [-0.3, -0.25) is 0 Å². The van der Waals surface area contributed by atoms with Crippen LogP contribution in [0.1, 0.15) is 25.3 Å². The molecule has 0 spiro atoms. The Labute approximate surface area is 124 Å². The summed E-state index contributed by atoms with van der Waals surface area (Å²) in [6.07, 6.45) is 1.67. The number of unbranched alkanes of at least 4 members (excludes halogenated alkanes) is 1. The number of sulfonamides is 1.